The zero-order valence-electron chi connectivity index (χ0n) is 5.23. The number of hydrazine groups is 1. The number of rotatable bonds is 0. The van der Waals surface area contributed by atoms with Crippen molar-refractivity contribution in [2.75, 3.05) is 5.43 Å². The van der Waals surface area contributed by atoms with E-state index in [1.54, 1.807) is 10.6 Å². The summed E-state index contributed by atoms with van der Waals surface area (Å²) in [4.78, 5) is 4.07. The van der Waals surface area contributed by atoms with Crippen molar-refractivity contribution in [1.29, 1.82) is 0 Å². The quantitative estimate of drug-likeness (QED) is 0.402. The highest BCUT2D eigenvalue weighted by molar-refractivity contribution is 7.77. The molecule has 52 valence electrons. The Balaban J connectivity index is 2.42. The topological polar surface area (TPSA) is 32.0 Å². The number of hydrogen-bond donors (Lipinski definition) is 2. The van der Waals surface area contributed by atoms with E-state index in [0.29, 0.717) is 0 Å². The third-order valence-electron chi connectivity index (χ3n) is 1.34. The van der Waals surface area contributed by atoms with E-state index in [4.69, 9.17) is 0 Å². The number of hydrogen-bond acceptors (Lipinski definition) is 4. The summed E-state index contributed by atoms with van der Waals surface area (Å²) in [7, 11) is 0. The van der Waals surface area contributed by atoms with Gasteiger partial charge in [0, 0.05) is 6.07 Å². The smallest absolute Gasteiger partial charge is 0.217 e. The van der Waals surface area contributed by atoms with Crippen molar-refractivity contribution in [3.05, 3.63) is 18.5 Å². The maximum Gasteiger partial charge on any atom is 0.410 e. The second-order valence-electron chi connectivity index (χ2n) is 2.07. The maximum absolute atomic E-state index is 4.10. The summed E-state index contributed by atoms with van der Waals surface area (Å²) in [6, 6.07) is 1.89. The van der Waals surface area contributed by atoms with Gasteiger partial charge in [-0.15, -0.1) is 0 Å². The number of thiol groups is 1. The molecule has 0 radical (unpaired) electrons. The molecule has 0 saturated heterocycles. The first-order chi connectivity index (χ1) is 4.86. The van der Waals surface area contributed by atoms with Gasteiger partial charge in [-0.2, -0.15) is 5.43 Å². The van der Waals surface area contributed by atoms with Crippen LogP contribution in [0.3, 0.4) is 0 Å². The van der Waals surface area contributed by atoms with E-state index < -0.39 is 0 Å². The molecule has 0 aliphatic carbocycles. The SMILES string of the molecule is SN1C[n+]2cccnc2N1. The largest absolute Gasteiger partial charge is 0.410 e. The predicted octanol–water partition coefficient (Wildman–Crippen LogP) is -0.186. The summed E-state index contributed by atoms with van der Waals surface area (Å²) in [5.41, 5.74) is 2.95. The van der Waals surface area contributed by atoms with Crippen LogP contribution < -0.4 is 9.99 Å². The third kappa shape index (κ3) is 0.833. The van der Waals surface area contributed by atoms with Gasteiger partial charge in [0.05, 0.1) is 6.20 Å². The number of nitrogens with one attached hydrogen (secondary N) is 1. The lowest BCUT2D eigenvalue weighted by Gasteiger charge is -1.94. The number of aromatic nitrogens is 2. The summed E-state index contributed by atoms with van der Waals surface area (Å²) in [5, 5.41) is 0. The fraction of sp³-hybridized carbons (Fsp3) is 0.200. The highest BCUT2D eigenvalue weighted by atomic mass is 32.1. The zero-order valence-corrected chi connectivity index (χ0v) is 6.12. The van der Waals surface area contributed by atoms with Gasteiger partial charge < -0.3 is 0 Å². The van der Waals surface area contributed by atoms with Crippen molar-refractivity contribution in [1.82, 2.24) is 9.40 Å². The number of anilines is 1. The van der Waals surface area contributed by atoms with Crippen LogP contribution in [0.15, 0.2) is 18.5 Å². The monoisotopic (exact) mass is 155 g/mol. The molecule has 2 heterocycles. The van der Waals surface area contributed by atoms with Gasteiger partial charge in [-0.05, 0) is 0 Å². The van der Waals surface area contributed by atoms with Crippen molar-refractivity contribution in [3.63, 3.8) is 0 Å². The van der Waals surface area contributed by atoms with Crippen molar-refractivity contribution in [2.45, 2.75) is 6.67 Å². The normalized spacial score (nSPS) is 16.5. The molecule has 0 saturated carbocycles. The minimum absolute atomic E-state index is 0.728. The molecule has 1 aromatic heterocycles. The van der Waals surface area contributed by atoms with Crippen molar-refractivity contribution < 1.29 is 4.57 Å². The lowest BCUT2D eigenvalue weighted by Crippen LogP contribution is -2.32. The van der Waals surface area contributed by atoms with Crippen molar-refractivity contribution in [3.8, 4) is 0 Å². The van der Waals surface area contributed by atoms with Crippen molar-refractivity contribution >= 4 is 18.8 Å². The maximum atomic E-state index is 4.10. The molecule has 0 fully saturated rings. The molecule has 10 heavy (non-hydrogen) atoms. The van der Waals surface area contributed by atoms with Crippen LogP contribution in [0, 0.1) is 0 Å². The second kappa shape index (κ2) is 2.10. The van der Waals surface area contributed by atoms with Crippen LogP contribution in [0.5, 0.6) is 0 Å². The molecule has 1 aliphatic rings. The molecule has 0 aromatic carbocycles. The molecular formula is C5H7N4S+. The van der Waals surface area contributed by atoms with Gasteiger partial charge in [-0.3, -0.25) is 0 Å². The molecule has 5 heteroatoms. The molecule has 0 amide bonds. The summed E-state index contributed by atoms with van der Waals surface area (Å²) in [6.45, 7) is 0.728. The van der Waals surface area contributed by atoms with Gasteiger partial charge in [-0.1, -0.05) is 22.2 Å². The molecular weight excluding hydrogens is 148 g/mol. The van der Waals surface area contributed by atoms with Gasteiger partial charge in [0.1, 0.15) is 6.20 Å². The number of fused-ring (bicyclic) bond motifs is 1. The molecule has 0 spiro atoms. The second-order valence-corrected chi connectivity index (χ2v) is 2.55. The standard InChI is InChI=1S/C5H6N4S/c10-9-4-8-3-1-2-6-5(8)7-9/h1-3,10H,4H2/p+1. The van der Waals surface area contributed by atoms with E-state index >= 15 is 0 Å². The van der Waals surface area contributed by atoms with Crippen LogP contribution in [0.1, 0.15) is 0 Å². The first kappa shape index (κ1) is 5.94. The predicted molar refractivity (Wildman–Crippen MR) is 38.9 cm³/mol. The Kier molecular flexibility index (Phi) is 1.25. The summed E-state index contributed by atoms with van der Waals surface area (Å²) in [5.74, 6) is 0.831. The van der Waals surface area contributed by atoms with Crippen LogP contribution in [0.2, 0.25) is 0 Å². The highest BCUT2D eigenvalue weighted by Crippen LogP contribution is 2.04. The van der Waals surface area contributed by atoms with Gasteiger partial charge in [-0.25, -0.2) is 4.57 Å². The molecule has 2 rings (SSSR count). The van der Waals surface area contributed by atoms with E-state index in [1.807, 2.05) is 16.8 Å². The van der Waals surface area contributed by atoms with Crippen LogP contribution >= 0.6 is 12.8 Å². The van der Waals surface area contributed by atoms with Gasteiger partial charge in [0.15, 0.2) is 6.67 Å². The average Bonchev–Trinajstić information content (AvgIpc) is 2.27. The number of nitrogens with zero attached hydrogens (tertiary/aromatic N) is 3. The van der Waals surface area contributed by atoms with Gasteiger partial charge in [0.25, 0.3) is 0 Å². The Morgan fingerprint density at radius 3 is 3.50 bits per heavy atom. The Morgan fingerprint density at radius 2 is 2.70 bits per heavy atom. The first-order valence-electron chi connectivity index (χ1n) is 2.94. The molecule has 0 bridgehead atoms. The first-order valence-corrected chi connectivity index (χ1v) is 3.34. The fourth-order valence-electron chi connectivity index (χ4n) is 0.903. The van der Waals surface area contributed by atoms with Crippen LogP contribution in [0.4, 0.5) is 5.95 Å². The van der Waals surface area contributed by atoms with E-state index in [9.17, 15) is 0 Å². The minimum Gasteiger partial charge on any atom is -0.217 e. The van der Waals surface area contributed by atoms with Crippen LogP contribution in [0.25, 0.3) is 0 Å². The third-order valence-corrected chi connectivity index (χ3v) is 1.56. The van der Waals surface area contributed by atoms with Crippen LogP contribution in [-0.4, -0.2) is 9.40 Å². The van der Waals surface area contributed by atoms with Crippen LogP contribution in [-0.2, 0) is 6.67 Å². The lowest BCUT2D eigenvalue weighted by molar-refractivity contribution is -0.684. The van der Waals surface area contributed by atoms with Gasteiger partial charge >= 0.3 is 5.95 Å². The lowest BCUT2D eigenvalue weighted by atomic mass is 10.6. The molecule has 0 atom stereocenters. The summed E-state index contributed by atoms with van der Waals surface area (Å²) < 4.78 is 3.63. The van der Waals surface area contributed by atoms with Gasteiger partial charge in [0.2, 0.25) is 0 Å². The summed E-state index contributed by atoms with van der Waals surface area (Å²) in [6.07, 6.45) is 3.69. The zero-order chi connectivity index (χ0) is 6.97. The fourth-order valence-corrected chi connectivity index (χ4v) is 1.13. The molecule has 0 unspecified atom stereocenters. The Hall–Kier alpha value is -0.810. The highest BCUT2D eigenvalue weighted by Gasteiger charge is 2.22. The molecule has 1 aromatic rings. The molecule has 1 aliphatic heterocycles. The van der Waals surface area contributed by atoms with Crippen molar-refractivity contribution in [2.24, 2.45) is 0 Å². The molecule has 1 N–H and O–H groups in total. The Morgan fingerprint density at radius 1 is 1.80 bits per heavy atom. The summed E-state index contributed by atoms with van der Waals surface area (Å²) >= 11 is 4.10. The van der Waals surface area contributed by atoms with E-state index in [2.05, 4.69) is 23.2 Å². The minimum atomic E-state index is 0.728. The van der Waals surface area contributed by atoms with E-state index in [-0.39, 0.29) is 0 Å². The molecule has 4 nitrogen and oxygen atoms in total. The van der Waals surface area contributed by atoms with E-state index in [1.165, 1.54) is 0 Å². The Labute approximate surface area is 64.0 Å². The Bertz CT molecular complexity index is 226. The average molecular weight is 155 g/mol. The van der Waals surface area contributed by atoms with E-state index in [0.717, 1.165) is 12.6 Å².